The Bertz CT molecular complexity index is 862. The summed E-state index contributed by atoms with van der Waals surface area (Å²) in [6, 6.07) is 11.2. The van der Waals surface area contributed by atoms with Crippen LogP contribution >= 0.6 is 0 Å². The largest absolute Gasteiger partial charge is 0.465 e. The van der Waals surface area contributed by atoms with E-state index in [1.807, 2.05) is 24.3 Å². The summed E-state index contributed by atoms with van der Waals surface area (Å²) in [7, 11) is 1.18. The third kappa shape index (κ3) is 3.21. The first kappa shape index (κ1) is 16.6. The van der Waals surface area contributed by atoms with Crippen LogP contribution in [0.2, 0.25) is 0 Å². The maximum Gasteiger partial charge on any atom is 0.338 e. The summed E-state index contributed by atoms with van der Waals surface area (Å²) < 4.78 is 4.62. The summed E-state index contributed by atoms with van der Waals surface area (Å²) in [5.74, 6) is -1.10. The molecule has 0 spiro atoms. The number of hydrogen-bond donors (Lipinski definition) is 0. The van der Waals surface area contributed by atoms with E-state index in [1.165, 1.54) is 19.2 Å². The zero-order chi connectivity index (χ0) is 18.0. The Morgan fingerprint density at radius 2 is 1.88 bits per heavy atom. The highest BCUT2D eigenvalue weighted by Crippen LogP contribution is 2.29. The van der Waals surface area contributed by atoms with E-state index in [0.29, 0.717) is 6.54 Å². The predicted octanol–water partition coefficient (Wildman–Crippen LogP) is 2.97. The van der Waals surface area contributed by atoms with Gasteiger partial charge in [0.1, 0.15) is 0 Å². The molecule has 2 aromatic carbocycles. The van der Waals surface area contributed by atoms with Crippen LogP contribution in [-0.2, 0) is 11.2 Å². The zero-order valence-electron chi connectivity index (χ0n) is 13.6. The molecule has 1 aliphatic rings. The lowest BCUT2D eigenvalue weighted by Gasteiger charge is -2.29. The molecule has 7 heteroatoms. The molecule has 0 N–H and O–H groups in total. The second kappa shape index (κ2) is 6.72. The van der Waals surface area contributed by atoms with Crippen LogP contribution in [0, 0.1) is 10.1 Å². The first-order chi connectivity index (χ1) is 12.0. The number of benzene rings is 2. The maximum atomic E-state index is 13.0. The summed E-state index contributed by atoms with van der Waals surface area (Å²) in [6.45, 7) is 0.520. The van der Waals surface area contributed by atoms with Gasteiger partial charge in [-0.3, -0.25) is 14.9 Å². The maximum absolute atomic E-state index is 13.0. The number of methoxy groups -OCH3 is 1. The number of nitro groups is 1. The number of amides is 1. The van der Waals surface area contributed by atoms with Crippen LogP contribution < -0.4 is 4.90 Å². The third-order valence-electron chi connectivity index (χ3n) is 4.15. The first-order valence-corrected chi connectivity index (χ1v) is 7.79. The molecule has 0 saturated heterocycles. The summed E-state index contributed by atoms with van der Waals surface area (Å²) in [4.78, 5) is 36.8. The Morgan fingerprint density at radius 3 is 2.60 bits per heavy atom. The average molecular weight is 340 g/mol. The summed E-state index contributed by atoms with van der Waals surface area (Å²) >= 11 is 0. The molecule has 128 valence electrons. The number of anilines is 1. The molecule has 3 rings (SSSR count). The van der Waals surface area contributed by atoms with Crippen molar-refractivity contribution in [2.75, 3.05) is 18.6 Å². The van der Waals surface area contributed by atoms with Crippen LogP contribution in [0.4, 0.5) is 11.4 Å². The molecule has 0 fully saturated rings. The Labute approximate surface area is 144 Å². The van der Waals surface area contributed by atoms with E-state index >= 15 is 0 Å². The Hall–Kier alpha value is -3.22. The van der Waals surface area contributed by atoms with Crippen LogP contribution in [0.15, 0.2) is 42.5 Å². The van der Waals surface area contributed by atoms with Crippen molar-refractivity contribution in [3.05, 3.63) is 69.3 Å². The molecule has 1 aliphatic heterocycles. The topological polar surface area (TPSA) is 89.8 Å². The van der Waals surface area contributed by atoms with Gasteiger partial charge >= 0.3 is 5.97 Å². The minimum Gasteiger partial charge on any atom is -0.465 e. The number of aryl methyl sites for hydroxylation is 1. The second-order valence-corrected chi connectivity index (χ2v) is 5.71. The van der Waals surface area contributed by atoms with Gasteiger partial charge < -0.3 is 9.64 Å². The standard InChI is InChI=1S/C18H16N2O5/c1-25-18(22)14-9-13(10-15(11-14)20(23)24)17(21)19-8-4-6-12-5-2-3-7-16(12)19/h2-3,5,7,9-11H,4,6,8H2,1H3. The van der Waals surface area contributed by atoms with E-state index < -0.39 is 10.9 Å². The monoisotopic (exact) mass is 340 g/mol. The molecule has 0 saturated carbocycles. The number of rotatable bonds is 3. The summed E-state index contributed by atoms with van der Waals surface area (Å²) in [6.07, 6.45) is 1.68. The number of ether oxygens (including phenoxy) is 1. The SMILES string of the molecule is COC(=O)c1cc(C(=O)N2CCCc3ccccc32)cc([N+](=O)[O-])c1. The molecule has 25 heavy (non-hydrogen) atoms. The lowest BCUT2D eigenvalue weighted by molar-refractivity contribution is -0.384. The van der Waals surface area contributed by atoms with Crippen LogP contribution in [0.3, 0.4) is 0 Å². The molecule has 0 radical (unpaired) electrons. The smallest absolute Gasteiger partial charge is 0.338 e. The molecule has 0 atom stereocenters. The van der Waals surface area contributed by atoms with E-state index in [2.05, 4.69) is 4.74 Å². The number of para-hydroxylation sites is 1. The first-order valence-electron chi connectivity index (χ1n) is 7.79. The van der Waals surface area contributed by atoms with Crippen molar-refractivity contribution in [3.63, 3.8) is 0 Å². The fourth-order valence-corrected chi connectivity index (χ4v) is 2.98. The minimum atomic E-state index is -0.725. The third-order valence-corrected chi connectivity index (χ3v) is 4.15. The number of nitro benzene ring substituents is 1. The van der Waals surface area contributed by atoms with Gasteiger partial charge in [-0.05, 0) is 30.5 Å². The molecule has 1 heterocycles. The van der Waals surface area contributed by atoms with Crippen LogP contribution in [0.5, 0.6) is 0 Å². The number of fused-ring (bicyclic) bond motifs is 1. The molecule has 0 unspecified atom stereocenters. The number of hydrogen-bond acceptors (Lipinski definition) is 5. The van der Waals surface area contributed by atoms with Gasteiger partial charge in [-0.2, -0.15) is 0 Å². The van der Waals surface area contributed by atoms with Crippen molar-refractivity contribution in [2.45, 2.75) is 12.8 Å². The molecule has 0 aromatic heterocycles. The second-order valence-electron chi connectivity index (χ2n) is 5.71. The highest BCUT2D eigenvalue weighted by molar-refractivity contribution is 6.08. The fraction of sp³-hybridized carbons (Fsp3) is 0.222. The normalized spacial score (nSPS) is 13.1. The Balaban J connectivity index is 2.04. The van der Waals surface area contributed by atoms with Crippen molar-refractivity contribution in [1.82, 2.24) is 0 Å². The van der Waals surface area contributed by atoms with Crippen LogP contribution in [0.1, 0.15) is 32.7 Å². The van der Waals surface area contributed by atoms with Gasteiger partial charge in [0.05, 0.1) is 17.6 Å². The molecule has 0 aliphatic carbocycles. The minimum absolute atomic E-state index is 0.0228. The van der Waals surface area contributed by atoms with Gasteiger partial charge in [0.2, 0.25) is 0 Å². The van der Waals surface area contributed by atoms with E-state index in [1.54, 1.807) is 4.90 Å². The van der Waals surface area contributed by atoms with E-state index in [0.717, 1.165) is 30.2 Å². The van der Waals surface area contributed by atoms with Crippen LogP contribution in [-0.4, -0.2) is 30.5 Å². The van der Waals surface area contributed by atoms with Crippen molar-refractivity contribution < 1.29 is 19.2 Å². The van der Waals surface area contributed by atoms with Gasteiger partial charge in [0.15, 0.2) is 0 Å². The number of esters is 1. The van der Waals surface area contributed by atoms with Gasteiger partial charge in [0, 0.05) is 29.9 Å². The van der Waals surface area contributed by atoms with Crippen molar-refractivity contribution in [1.29, 1.82) is 0 Å². The van der Waals surface area contributed by atoms with Gasteiger partial charge in [-0.1, -0.05) is 18.2 Å². The highest BCUT2D eigenvalue weighted by Gasteiger charge is 2.26. The quantitative estimate of drug-likeness (QED) is 0.487. The summed E-state index contributed by atoms with van der Waals surface area (Å²) in [5, 5.41) is 11.1. The van der Waals surface area contributed by atoms with Crippen molar-refractivity contribution in [2.24, 2.45) is 0 Å². The van der Waals surface area contributed by atoms with Crippen molar-refractivity contribution in [3.8, 4) is 0 Å². The number of carbonyl (C=O) groups is 2. The van der Waals surface area contributed by atoms with Gasteiger partial charge in [0.25, 0.3) is 11.6 Å². The molecular formula is C18H16N2O5. The zero-order valence-corrected chi connectivity index (χ0v) is 13.6. The fourth-order valence-electron chi connectivity index (χ4n) is 2.98. The van der Waals surface area contributed by atoms with Crippen LogP contribution in [0.25, 0.3) is 0 Å². The molecule has 2 aromatic rings. The van der Waals surface area contributed by atoms with E-state index in [4.69, 9.17) is 0 Å². The molecule has 0 bridgehead atoms. The van der Waals surface area contributed by atoms with Gasteiger partial charge in [-0.15, -0.1) is 0 Å². The van der Waals surface area contributed by atoms with E-state index in [-0.39, 0.29) is 22.7 Å². The van der Waals surface area contributed by atoms with Crippen molar-refractivity contribution >= 4 is 23.3 Å². The predicted molar refractivity (Wildman–Crippen MR) is 90.9 cm³/mol. The highest BCUT2D eigenvalue weighted by atomic mass is 16.6. The average Bonchev–Trinajstić information content (AvgIpc) is 2.65. The lowest BCUT2D eigenvalue weighted by atomic mass is 10.00. The number of non-ortho nitro benzene ring substituents is 1. The summed E-state index contributed by atoms with van der Waals surface area (Å²) in [5.41, 5.74) is 1.60. The van der Waals surface area contributed by atoms with E-state index in [9.17, 15) is 19.7 Å². The Morgan fingerprint density at radius 1 is 1.16 bits per heavy atom. The molecular weight excluding hydrogens is 324 g/mol. The molecule has 1 amide bonds. The lowest BCUT2D eigenvalue weighted by Crippen LogP contribution is -2.35. The Kier molecular flexibility index (Phi) is 4.47. The van der Waals surface area contributed by atoms with Gasteiger partial charge in [-0.25, -0.2) is 4.79 Å². The number of nitrogens with zero attached hydrogens (tertiary/aromatic N) is 2. The molecule has 7 nitrogen and oxygen atoms in total. The number of carbonyl (C=O) groups excluding carboxylic acids is 2.